The molecule has 0 atom stereocenters. The second-order valence-electron chi connectivity index (χ2n) is 3.56. The van der Waals surface area contributed by atoms with Gasteiger partial charge in [-0.1, -0.05) is 0 Å². The number of hydrogen-bond acceptors (Lipinski definition) is 4. The Kier molecular flexibility index (Phi) is 6.64. The Morgan fingerprint density at radius 1 is 1.22 bits per heavy atom. The molecule has 1 rings (SSSR count). The topological polar surface area (TPSA) is 47.9 Å². The Morgan fingerprint density at radius 2 is 1.89 bits per heavy atom. The Hall–Kier alpha value is -1.17. The molecule has 0 aromatic heterocycles. The summed E-state index contributed by atoms with van der Waals surface area (Å²) >= 11 is 0. The van der Waals surface area contributed by atoms with Crippen molar-refractivity contribution in [3.8, 4) is 5.75 Å². The molecule has 0 aliphatic heterocycles. The van der Waals surface area contributed by atoms with Crippen molar-refractivity contribution >= 4 is 0 Å². The highest BCUT2D eigenvalue weighted by molar-refractivity contribution is 5.33. The maximum Gasteiger partial charge on any atom is 0.191 e. The summed E-state index contributed by atoms with van der Waals surface area (Å²) in [4.78, 5) is 0. The SMILES string of the molecule is CCOC(COc1ccc(F)cc1CO)OCC. The predicted molar refractivity (Wildman–Crippen MR) is 64.9 cm³/mol. The fourth-order valence-electron chi connectivity index (χ4n) is 1.49. The van der Waals surface area contributed by atoms with E-state index in [4.69, 9.17) is 19.3 Å². The summed E-state index contributed by atoms with van der Waals surface area (Å²) in [6.45, 7) is 4.68. The monoisotopic (exact) mass is 258 g/mol. The quantitative estimate of drug-likeness (QED) is 0.725. The van der Waals surface area contributed by atoms with Crippen LogP contribution in [0.4, 0.5) is 4.39 Å². The van der Waals surface area contributed by atoms with E-state index in [-0.39, 0.29) is 13.2 Å². The van der Waals surface area contributed by atoms with Gasteiger partial charge in [0.15, 0.2) is 6.29 Å². The van der Waals surface area contributed by atoms with E-state index >= 15 is 0 Å². The number of hydrogen-bond donors (Lipinski definition) is 1. The Bertz CT molecular complexity index is 351. The lowest BCUT2D eigenvalue weighted by Crippen LogP contribution is -2.25. The maximum atomic E-state index is 13.0. The van der Waals surface area contributed by atoms with Crippen molar-refractivity contribution in [3.05, 3.63) is 29.6 Å². The average Bonchev–Trinajstić information content (AvgIpc) is 2.37. The van der Waals surface area contributed by atoms with Gasteiger partial charge >= 0.3 is 0 Å². The smallest absolute Gasteiger partial charge is 0.191 e. The van der Waals surface area contributed by atoms with E-state index in [0.29, 0.717) is 24.5 Å². The lowest BCUT2D eigenvalue weighted by Gasteiger charge is -2.18. The van der Waals surface area contributed by atoms with Crippen LogP contribution in [0.5, 0.6) is 5.75 Å². The number of aliphatic hydroxyl groups excluding tert-OH is 1. The number of aliphatic hydroxyl groups is 1. The third-order valence-corrected chi connectivity index (χ3v) is 2.27. The molecule has 0 fully saturated rings. The lowest BCUT2D eigenvalue weighted by molar-refractivity contribution is -0.152. The van der Waals surface area contributed by atoms with Gasteiger partial charge in [-0.25, -0.2) is 4.39 Å². The first-order valence-electron chi connectivity index (χ1n) is 5.96. The number of benzene rings is 1. The van der Waals surface area contributed by atoms with Crippen LogP contribution >= 0.6 is 0 Å². The summed E-state index contributed by atoms with van der Waals surface area (Å²) in [5.74, 6) is 0.0286. The fourth-order valence-corrected chi connectivity index (χ4v) is 1.49. The zero-order valence-electron chi connectivity index (χ0n) is 10.7. The minimum atomic E-state index is -0.461. The summed E-state index contributed by atoms with van der Waals surface area (Å²) in [5.41, 5.74) is 0.404. The third kappa shape index (κ3) is 4.60. The maximum absolute atomic E-state index is 13.0. The Morgan fingerprint density at radius 3 is 2.44 bits per heavy atom. The van der Waals surface area contributed by atoms with E-state index in [1.165, 1.54) is 18.2 Å². The van der Waals surface area contributed by atoms with E-state index in [2.05, 4.69) is 0 Å². The number of rotatable bonds is 8. The van der Waals surface area contributed by atoms with Crippen molar-refractivity contribution in [2.45, 2.75) is 26.7 Å². The van der Waals surface area contributed by atoms with Crippen LogP contribution in [-0.4, -0.2) is 31.2 Å². The fraction of sp³-hybridized carbons (Fsp3) is 0.538. The first kappa shape index (κ1) is 14.9. The Labute approximate surface area is 106 Å². The summed E-state index contributed by atoms with van der Waals surface area (Å²) < 4.78 is 29.1. The van der Waals surface area contributed by atoms with Crippen LogP contribution in [0.1, 0.15) is 19.4 Å². The van der Waals surface area contributed by atoms with Crippen LogP contribution in [0.25, 0.3) is 0 Å². The zero-order chi connectivity index (χ0) is 13.4. The van der Waals surface area contributed by atoms with Crippen molar-refractivity contribution in [1.82, 2.24) is 0 Å². The van der Waals surface area contributed by atoms with Gasteiger partial charge in [-0.05, 0) is 32.0 Å². The van der Waals surface area contributed by atoms with E-state index < -0.39 is 12.1 Å². The summed E-state index contributed by atoms with van der Waals surface area (Å²) in [5, 5.41) is 9.11. The van der Waals surface area contributed by atoms with Crippen LogP contribution < -0.4 is 4.74 Å². The van der Waals surface area contributed by atoms with Gasteiger partial charge in [0.2, 0.25) is 0 Å². The highest BCUT2D eigenvalue weighted by Gasteiger charge is 2.11. The van der Waals surface area contributed by atoms with Crippen LogP contribution in [-0.2, 0) is 16.1 Å². The molecule has 0 heterocycles. The van der Waals surface area contributed by atoms with Crippen LogP contribution in [0.15, 0.2) is 18.2 Å². The number of ether oxygens (including phenoxy) is 3. The van der Waals surface area contributed by atoms with Crippen LogP contribution in [0.3, 0.4) is 0 Å². The average molecular weight is 258 g/mol. The molecule has 1 aromatic carbocycles. The van der Waals surface area contributed by atoms with Gasteiger partial charge in [-0.15, -0.1) is 0 Å². The molecule has 0 aliphatic rings. The second-order valence-corrected chi connectivity index (χ2v) is 3.56. The molecule has 0 saturated heterocycles. The normalized spacial score (nSPS) is 10.9. The van der Waals surface area contributed by atoms with Gasteiger partial charge in [0, 0.05) is 18.8 Å². The van der Waals surface area contributed by atoms with Gasteiger partial charge in [-0.2, -0.15) is 0 Å². The highest BCUT2D eigenvalue weighted by atomic mass is 19.1. The van der Waals surface area contributed by atoms with Gasteiger partial charge in [0.05, 0.1) is 6.61 Å². The summed E-state index contributed by atoms with van der Waals surface area (Å²) in [7, 11) is 0. The molecule has 0 amide bonds. The van der Waals surface area contributed by atoms with E-state index in [1.54, 1.807) is 0 Å². The molecule has 1 N–H and O–H groups in total. The summed E-state index contributed by atoms with van der Waals surface area (Å²) in [6.07, 6.45) is -0.461. The van der Waals surface area contributed by atoms with Crippen LogP contribution in [0, 0.1) is 5.82 Å². The van der Waals surface area contributed by atoms with Gasteiger partial charge in [0.25, 0.3) is 0 Å². The first-order chi connectivity index (χ1) is 8.71. The molecule has 0 spiro atoms. The molecule has 0 unspecified atom stereocenters. The van der Waals surface area contributed by atoms with E-state index in [0.717, 1.165) is 0 Å². The number of halogens is 1. The molecule has 102 valence electrons. The molecule has 0 saturated carbocycles. The minimum Gasteiger partial charge on any atom is -0.488 e. The van der Waals surface area contributed by atoms with Gasteiger partial charge < -0.3 is 19.3 Å². The van der Waals surface area contributed by atoms with E-state index in [1.807, 2.05) is 13.8 Å². The molecule has 0 aliphatic carbocycles. The van der Waals surface area contributed by atoms with Crippen LogP contribution in [0.2, 0.25) is 0 Å². The molecule has 0 bridgehead atoms. The minimum absolute atomic E-state index is 0.195. The molecule has 5 heteroatoms. The van der Waals surface area contributed by atoms with Gasteiger partial charge in [-0.3, -0.25) is 0 Å². The van der Waals surface area contributed by atoms with Crippen molar-refractivity contribution in [3.63, 3.8) is 0 Å². The van der Waals surface area contributed by atoms with Crippen molar-refractivity contribution < 1.29 is 23.7 Å². The molecule has 18 heavy (non-hydrogen) atoms. The zero-order valence-corrected chi connectivity index (χ0v) is 10.7. The molecular weight excluding hydrogens is 239 g/mol. The van der Waals surface area contributed by atoms with E-state index in [9.17, 15) is 4.39 Å². The third-order valence-electron chi connectivity index (χ3n) is 2.27. The molecule has 4 nitrogen and oxygen atoms in total. The second kappa shape index (κ2) is 8.02. The van der Waals surface area contributed by atoms with Crippen molar-refractivity contribution in [2.24, 2.45) is 0 Å². The molecule has 1 aromatic rings. The largest absolute Gasteiger partial charge is 0.488 e. The summed E-state index contributed by atoms with van der Waals surface area (Å²) in [6, 6.07) is 4.01. The molecular formula is C13H19FO4. The van der Waals surface area contributed by atoms with Crippen molar-refractivity contribution in [2.75, 3.05) is 19.8 Å². The first-order valence-corrected chi connectivity index (χ1v) is 5.96. The standard InChI is InChI=1S/C13H19FO4/c1-3-16-13(17-4-2)9-18-12-6-5-11(14)7-10(12)8-15/h5-7,13,15H,3-4,8-9H2,1-2H3. The molecule has 0 radical (unpaired) electrons. The lowest BCUT2D eigenvalue weighted by atomic mass is 10.2. The Balaban J connectivity index is 2.60. The predicted octanol–water partition coefficient (Wildman–Crippen LogP) is 2.10. The van der Waals surface area contributed by atoms with Gasteiger partial charge in [0.1, 0.15) is 18.2 Å². The highest BCUT2D eigenvalue weighted by Crippen LogP contribution is 2.20. The van der Waals surface area contributed by atoms with Crippen molar-refractivity contribution in [1.29, 1.82) is 0 Å².